The summed E-state index contributed by atoms with van der Waals surface area (Å²) in [6, 6.07) is 17.3. The van der Waals surface area contributed by atoms with E-state index < -0.39 is 0 Å². The van der Waals surface area contributed by atoms with Crippen LogP contribution in [0.4, 0.5) is 5.69 Å². The lowest BCUT2D eigenvalue weighted by atomic mass is 10.1. The van der Waals surface area contributed by atoms with Crippen LogP contribution in [-0.4, -0.2) is 16.8 Å². The zero-order valence-electron chi connectivity index (χ0n) is 13.7. The first-order chi connectivity index (χ1) is 11.8. The molecule has 0 aliphatic rings. The van der Waals surface area contributed by atoms with Crippen molar-refractivity contribution in [2.75, 3.05) is 12.3 Å². The molecule has 0 saturated heterocycles. The van der Waals surface area contributed by atoms with Crippen LogP contribution in [0.3, 0.4) is 0 Å². The summed E-state index contributed by atoms with van der Waals surface area (Å²) in [7, 11) is 0. The number of hydrogen-bond donors (Lipinski definition) is 2. The maximum Gasteiger partial charge on any atom is 0.142 e. The largest absolute Gasteiger partial charge is 0.494 e. The molecule has 0 radical (unpaired) electrons. The molecule has 2 aromatic carbocycles. The van der Waals surface area contributed by atoms with E-state index in [0.29, 0.717) is 18.0 Å². The first-order valence-corrected chi connectivity index (χ1v) is 8.01. The smallest absolute Gasteiger partial charge is 0.142 e. The number of nitrogens with one attached hydrogen (secondary N) is 1. The average Bonchev–Trinajstić information content (AvgIpc) is 3.09. The first-order valence-electron chi connectivity index (χ1n) is 8.01. The molecule has 5 nitrogen and oxygen atoms in total. The number of benzene rings is 2. The Kier molecular flexibility index (Phi) is 5.01. The number of nitrogens with zero attached hydrogens (tertiary/aromatic N) is 1. The molecule has 0 atom stereocenters. The third kappa shape index (κ3) is 3.87. The van der Waals surface area contributed by atoms with E-state index in [9.17, 15) is 0 Å². The fourth-order valence-electron chi connectivity index (χ4n) is 2.29. The van der Waals surface area contributed by atoms with Crippen LogP contribution in [0.1, 0.15) is 19.0 Å². The Balaban J connectivity index is 1.64. The molecule has 1 heterocycles. The maximum atomic E-state index is 5.87. The van der Waals surface area contributed by atoms with Crippen LogP contribution in [-0.2, 0) is 6.61 Å². The lowest BCUT2D eigenvalue weighted by molar-refractivity contribution is 0.303. The molecule has 3 aromatic rings. The van der Waals surface area contributed by atoms with E-state index >= 15 is 0 Å². The van der Waals surface area contributed by atoms with E-state index in [0.717, 1.165) is 35.7 Å². The third-order valence-corrected chi connectivity index (χ3v) is 3.56. The van der Waals surface area contributed by atoms with Gasteiger partial charge in [-0.3, -0.25) is 5.10 Å². The molecule has 0 aliphatic heterocycles. The normalized spacial score (nSPS) is 10.5. The molecule has 0 unspecified atom stereocenters. The number of ether oxygens (including phenoxy) is 2. The third-order valence-electron chi connectivity index (χ3n) is 3.56. The number of aromatic nitrogens is 2. The van der Waals surface area contributed by atoms with E-state index in [1.807, 2.05) is 54.6 Å². The van der Waals surface area contributed by atoms with Crippen LogP contribution in [0.2, 0.25) is 0 Å². The highest BCUT2D eigenvalue weighted by Crippen LogP contribution is 2.23. The number of anilines is 1. The molecular formula is C19H21N3O2. The van der Waals surface area contributed by atoms with Crippen molar-refractivity contribution in [2.24, 2.45) is 0 Å². The van der Waals surface area contributed by atoms with Crippen molar-refractivity contribution in [2.45, 2.75) is 20.0 Å². The van der Waals surface area contributed by atoms with E-state index in [2.05, 4.69) is 17.1 Å². The standard InChI is InChI=1S/C19H21N3O2/c1-2-11-23-16-9-7-14(8-10-16)18-12-15(21-22-18)13-24-19-6-4-3-5-17(19)20/h3-10,12H,2,11,13,20H2,1H3,(H,21,22). The SMILES string of the molecule is CCCOc1ccc(-c2cc(COc3ccccc3N)[nH]n2)cc1. The second kappa shape index (κ2) is 7.55. The summed E-state index contributed by atoms with van der Waals surface area (Å²) in [6.07, 6.45) is 0.996. The molecule has 5 heteroatoms. The molecule has 0 saturated carbocycles. The predicted molar refractivity (Wildman–Crippen MR) is 95.0 cm³/mol. The molecule has 0 bridgehead atoms. The van der Waals surface area contributed by atoms with Crippen molar-refractivity contribution in [3.63, 3.8) is 0 Å². The van der Waals surface area contributed by atoms with E-state index in [1.165, 1.54) is 0 Å². The van der Waals surface area contributed by atoms with Gasteiger partial charge < -0.3 is 15.2 Å². The monoisotopic (exact) mass is 323 g/mol. The minimum Gasteiger partial charge on any atom is -0.494 e. The summed E-state index contributed by atoms with van der Waals surface area (Å²) >= 11 is 0. The minimum atomic E-state index is 0.388. The van der Waals surface area contributed by atoms with Gasteiger partial charge in [0.05, 0.1) is 23.7 Å². The summed E-state index contributed by atoms with van der Waals surface area (Å²) in [6.45, 7) is 3.20. The van der Waals surface area contributed by atoms with Crippen LogP contribution in [0, 0.1) is 0 Å². The number of aromatic amines is 1. The van der Waals surface area contributed by atoms with Gasteiger partial charge in [0.15, 0.2) is 0 Å². The average molecular weight is 323 g/mol. The number of hydrogen-bond acceptors (Lipinski definition) is 4. The Bertz CT molecular complexity index is 781. The highest BCUT2D eigenvalue weighted by atomic mass is 16.5. The highest BCUT2D eigenvalue weighted by Gasteiger charge is 2.06. The Morgan fingerprint density at radius 2 is 1.83 bits per heavy atom. The number of nitrogens with two attached hydrogens (primary N) is 1. The molecule has 3 N–H and O–H groups in total. The van der Waals surface area contributed by atoms with Crippen molar-refractivity contribution in [3.8, 4) is 22.8 Å². The van der Waals surface area contributed by atoms with Crippen LogP contribution in [0.15, 0.2) is 54.6 Å². The Morgan fingerprint density at radius 3 is 2.58 bits per heavy atom. The van der Waals surface area contributed by atoms with Gasteiger partial charge in [0, 0.05) is 5.56 Å². The van der Waals surface area contributed by atoms with Crippen molar-refractivity contribution < 1.29 is 9.47 Å². The number of rotatable bonds is 7. The van der Waals surface area contributed by atoms with Crippen LogP contribution < -0.4 is 15.2 Å². The zero-order valence-corrected chi connectivity index (χ0v) is 13.7. The molecule has 0 spiro atoms. The number of para-hydroxylation sites is 2. The minimum absolute atomic E-state index is 0.388. The van der Waals surface area contributed by atoms with Gasteiger partial charge >= 0.3 is 0 Å². The van der Waals surface area contributed by atoms with Crippen LogP contribution >= 0.6 is 0 Å². The van der Waals surface area contributed by atoms with Gasteiger partial charge in [-0.1, -0.05) is 19.1 Å². The second-order valence-corrected chi connectivity index (χ2v) is 5.48. The second-order valence-electron chi connectivity index (χ2n) is 5.48. The molecular weight excluding hydrogens is 302 g/mol. The van der Waals surface area contributed by atoms with Gasteiger partial charge in [0.2, 0.25) is 0 Å². The molecule has 3 rings (SSSR count). The van der Waals surface area contributed by atoms with E-state index in [4.69, 9.17) is 15.2 Å². The van der Waals surface area contributed by atoms with Gasteiger partial charge in [0.1, 0.15) is 18.1 Å². The lowest BCUT2D eigenvalue weighted by Gasteiger charge is -2.06. The fourth-order valence-corrected chi connectivity index (χ4v) is 2.29. The van der Waals surface area contributed by atoms with Crippen LogP contribution in [0.5, 0.6) is 11.5 Å². The summed E-state index contributed by atoms with van der Waals surface area (Å²) in [5.41, 5.74) is 9.28. The van der Waals surface area contributed by atoms with Crippen molar-refractivity contribution in [1.82, 2.24) is 10.2 Å². The Hall–Kier alpha value is -2.95. The maximum absolute atomic E-state index is 5.87. The van der Waals surface area contributed by atoms with Gasteiger partial charge in [-0.05, 0) is 48.9 Å². The summed E-state index contributed by atoms with van der Waals surface area (Å²) in [5.74, 6) is 1.55. The molecule has 1 aromatic heterocycles. The molecule has 24 heavy (non-hydrogen) atoms. The van der Waals surface area contributed by atoms with Crippen molar-refractivity contribution in [1.29, 1.82) is 0 Å². The summed E-state index contributed by atoms with van der Waals surface area (Å²) in [4.78, 5) is 0. The molecule has 0 amide bonds. The first kappa shape index (κ1) is 15.9. The van der Waals surface area contributed by atoms with E-state index in [1.54, 1.807) is 0 Å². The zero-order chi connectivity index (χ0) is 16.8. The molecule has 124 valence electrons. The fraction of sp³-hybridized carbons (Fsp3) is 0.211. The Morgan fingerprint density at radius 1 is 1.04 bits per heavy atom. The van der Waals surface area contributed by atoms with Gasteiger partial charge in [-0.15, -0.1) is 0 Å². The topological polar surface area (TPSA) is 73.2 Å². The summed E-state index contributed by atoms with van der Waals surface area (Å²) in [5, 5.41) is 7.33. The van der Waals surface area contributed by atoms with Crippen LogP contribution in [0.25, 0.3) is 11.3 Å². The predicted octanol–water partition coefficient (Wildman–Crippen LogP) is 4.03. The lowest BCUT2D eigenvalue weighted by Crippen LogP contribution is -1.98. The molecule has 0 fully saturated rings. The number of H-pyrrole nitrogens is 1. The summed E-state index contributed by atoms with van der Waals surface area (Å²) < 4.78 is 11.3. The van der Waals surface area contributed by atoms with Gasteiger partial charge in [-0.2, -0.15) is 5.10 Å². The van der Waals surface area contributed by atoms with Gasteiger partial charge in [0.25, 0.3) is 0 Å². The Labute approximate surface area is 141 Å². The quantitative estimate of drug-likeness (QED) is 0.644. The van der Waals surface area contributed by atoms with Crippen molar-refractivity contribution >= 4 is 5.69 Å². The molecule has 0 aliphatic carbocycles. The van der Waals surface area contributed by atoms with Gasteiger partial charge in [-0.25, -0.2) is 0 Å². The highest BCUT2D eigenvalue weighted by molar-refractivity contribution is 5.60. The number of nitrogen functional groups attached to an aromatic ring is 1. The van der Waals surface area contributed by atoms with E-state index in [-0.39, 0.29) is 0 Å². The van der Waals surface area contributed by atoms with Crippen molar-refractivity contribution in [3.05, 3.63) is 60.3 Å².